The van der Waals surface area contributed by atoms with E-state index in [4.69, 9.17) is 5.73 Å². The molecule has 2 aromatic rings. The molecule has 23 heavy (non-hydrogen) atoms. The van der Waals surface area contributed by atoms with E-state index in [9.17, 15) is 23.7 Å². The number of nitrogens with two attached hydrogens (primary N) is 1. The minimum Gasteiger partial charge on any atom is -0.393 e. The van der Waals surface area contributed by atoms with Crippen molar-refractivity contribution in [1.82, 2.24) is 5.32 Å². The molecule has 1 amide bonds. The summed E-state index contributed by atoms with van der Waals surface area (Å²) in [5.74, 6) is -2.70. The summed E-state index contributed by atoms with van der Waals surface area (Å²) >= 11 is 0. The van der Waals surface area contributed by atoms with Gasteiger partial charge in [-0.15, -0.1) is 0 Å². The Morgan fingerprint density at radius 2 is 1.91 bits per heavy atom. The van der Waals surface area contributed by atoms with Gasteiger partial charge in [-0.2, -0.15) is 0 Å². The Morgan fingerprint density at radius 3 is 2.57 bits per heavy atom. The van der Waals surface area contributed by atoms with Crippen molar-refractivity contribution in [3.05, 3.63) is 69.3 Å². The number of rotatable bonds is 5. The van der Waals surface area contributed by atoms with Gasteiger partial charge in [0.15, 0.2) is 11.6 Å². The molecular formula is C15H13F2N3O3. The third-order valence-corrected chi connectivity index (χ3v) is 3.17. The summed E-state index contributed by atoms with van der Waals surface area (Å²) in [6.45, 7) is 0.179. The first-order chi connectivity index (χ1) is 10.9. The molecule has 0 aliphatic heterocycles. The fourth-order valence-electron chi connectivity index (χ4n) is 1.96. The number of nitro benzene ring substituents is 1. The fourth-order valence-corrected chi connectivity index (χ4v) is 1.96. The minimum atomic E-state index is -1.10. The van der Waals surface area contributed by atoms with E-state index in [1.165, 1.54) is 18.2 Å². The summed E-state index contributed by atoms with van der Waals surface area (Å²) in [6, 6.07) is 7.21. The van der Waals surface area contributed by atoms with E-state index in [-0.39, 0.29) is 23.5 Å². The molecule has 0 radical (unpaired) electrons. The second-order valence-corrected chi connectivity index (χ2v) is 4.79. The molecule has 0 spiro atoms. The van der Waals surface area contributed by atoms with E-state index in [1.54, 1.807) is 6.07 Å². The number of nitrogen functional groups attached to an aromatic ring is 1. The number of carbonyl (C=O) groups excluding carboxylic acids is 1. The predicted octanol–water partition coefficient (Wildman–Crippen LogP) is 2.43. The maximum Gasteiger partial charge on any atom is 0.292 e. The van der Waals surface area contributed by atoms with Gasteiger partial charge in [0.2, 0.25) is 0 Å². The Labute approximate surface area is 130 Å². The number of hydrogen-bond donors (Lipinski definition) is 2. The summed E-state index contributed by atoms with van der Waals surface area (Å²) in [6.07, 6.45) is 0.330. The molecule has 0 aliphatic carbocycles. The molecule has 0 atom stereocenters. The number of amides is 1. The molecule has 0 fully saturated rings. The van der Waals surface area contributed by atoms with Crippen molar-refractivity contribution >= 4 is 17.3 Å². The zero-order valence-electron chi connectivity index (χ0n) is 11.9. The van der Waals surface area contributed by atoms with E-state index >= 15 is 0 Å². The van der Waals surface area contributed by atoms with Crippen molar-refractivity contribution in [2.75, 3.05) is 12.3 Å². The van der Waals surface area contributed by atoms with Crippen LogP contribution in [0.1, 0.15) is 15.9 Å². The molecule has 3 N–H and O–H groups in total. The highest BCUT2D eigenvalue weighted by Gasteiger charge is 2.12. The Kier molecular flexibility index (Phi) is 4.85. The standard InChI is InChI=1S/C15H13F2N3O3/c16-11-3-2-10(8-12(11)17)15(21)19-6-5-9-1-4-13(18)14(7-9)20(22)23/h1-4,7-8H,5-6,18H2,(H,19,21). The van der Waals surface area contributed by atoms with Gasteiger partial charge in [0.25, 0.3) is 11.6 Å². The number of benzene rings is 2. The van der Waals surface area contributed by atoms with Gasteiger partial charge < -0.3 is 11.1 Å². The van der Waals surface area contributed by atoms with Crippen LogP contribution in [0.15, 0.2) is 36.4 Å². The third-order valence-electron chi connectivity index (χ3n) is 3.17. The highest BCUT2D eigenvalue weighted by Crippen LogP contribution is 2.22. The number of anilines is 1. The Hall–Kier alpha value is -3.03. The molecule has 0 heterocycles. The summed E-state index contributed by atoms with van der Waals surface area (Å²) in [7, 11) is 0. The van der Waals surface area contributed by atoms with Crippen LogP contribution in [-0.4, -0.2) is 17.4 Å². The smallest absolute Gasteiger partial charge is 0.292 e. The maximum atomic E-state index is 13.1. The molecule has 2 rings (SSSR count). The lowest BCUT2D eigenvalue weighted by Crippen LogP contribution is -2.25. The first kappa shape index (κ1) is 16.3. The van der Waals surface area contributed by atoms with E-state index < -0.39 is 22.5 Å². The fraction of sp³-hybridized carbons (Fsp3) is 0.133. The first-order valence-electron chi connectivity index (χ1n) is 6.64. The number of halogens is 2. The molecule has 0 bridgehead atoms. The van der Waals surface area contributed by atoms with Crippen LogP contribution in [0.25, 0.3) is 0 Å². The largest absolute Gasteiger partial charge is 0.393 e. The highest BCUT2D eigenvalue weighted by atomic mass is 19.2. The van der Waals surface area contributed by atoms with Crippen LogP contribution in [0.5, 0.6) is 0 Å². The Bertz CT molecular complexity index is 766. The zero-order valence-corrected chi connectivity index (χ0v) is 11.9. The number of nitro groups is 1. The van der Waals surface area contributed by atoms with Gasteiger partial charge in [-0.3, -0.25) is 14.9 Å². The quantitative estimate of drug-likeness (QED) is 0.502. The summed E-state index contributed by atoms with van der Waals surface area (Å²) < 4.78 is 25.9. The van der Waals surface area contributed by atoms with Gasteiger partial charge in [-0.1, -0.05) is 6.07 Å². The van der Waals surface area contributed by atoms with E-state index in [1.807, 2.05) is 0 Å². The number of carbonyl (C=O) groups is 1. The average Bonchev–Trinajstić information content (AvgIpc) is 2.51. The molecule has 0 aliphatic rings. The van der Waals surface area contributed by atoms with Gasteiger partial charge in [0, 0.05) is 18.2 Å². The molecule has 8 heteroatoms. The number of nitrogens with zero attached hydrogens (tertiary/aromatic N) is 1. The molecular weight excluding hydrogens is 308 g/mol. The second kappa shape index (κ2) is 6.82. The molecule has 6 nitrogen and oxygen atoms in total. The van der Waals surface area contributed by atoms with Crippen molar-refractivity contribution in [1.29, 1.82) is 0 Å². The lowest BCUT2D eigenvalue weighted by atomic mass is 10.1. The van der Waals surface area contributed by atoms with E-state index in [0.29, 0.717) is 12.0 Å². The molecule has 120 valence electrons. The lowest BCUT2D eigenvalue weighted by molar-refractivity contribution is -0.384. The Morgan fingerprint density at radius 1 is 1.17 bits per heavy atom. The van der Waals surface area contributed by atoms with Crippen molar-refractivity contribution in [2.24, 2.45) is 0 Å². The molecule has 2 aromatic carbocycles. The van der Waals surface area contributed by atoms with Crippen LogP contribution in [0.3, 0.4) is 0 Å². The first-order valence-corrected chi connectivity index (χ1v) is 6.64. The van der Waals surface area contributed by atoms with Gasteiger partial charge in [-0.25, -0.2) is 8.78 Å². The summed E-state index contributed by atoms with van der Waals surface area (Å²) in [5.41, 5.74) is 5.97. The SMILES string of the molecule is Nc1ccc(CCNC(=O)c2ccc(F)c(F)c2)cc1[N+](=O)[O-]. The number of nitrogens with one attached hydrogen (secondary N) is 1. The lowest BCUT2D eigenvalue weighted by Gasteiger charge is -2.06. The zero-order chi connectivity index (χ0) is 17.0. The van der Waals surface area contributed by atoms with Crippen LogP contribution in [0, 0.1) is 21.7 Å². The van der Waals surface area contributed by atoms with Crippen molar-refractivity contribution in [3.8, 4) is 0 Å². The van der Waals surface area contributed by atoms with Crippen LogP contribution >= 0.6 is 0 Å². The van der Waals surface area contributed by atoms with Crippen molar-refractivity contribution in [3.63, 3.8) is 0 Å². The molecule has 0 aromatic heterocycles. The predicted molar refractivity (Wildman–Crippen MR) is 79.9 cm³/mol. The maximum absolute atomic E-state index is 13.1. The molecule has 0 saturated heterocycles. The average molecular weight is 321 g/mol. The van der Waals surface area contributed by atoms with E-state index in [0.717, 1.165) is 12.1 Å². The van der Waals surface area contributed by atoms with Gasteiger partial charge >= 0.3 is 0 Å². The second-order valence-electron chi connectivity index (χ2n) is 4.79. The van der Waals surface area contributed by atoms with Crippen LogP contribution < -0.4 is 11.1 Å². The van der Waals surface area contributed by atoms with E-state index in [2.05, 4.69) is 5.32 Å². The molecule has 0 unspecified atom stereocenters. The topological polar surface area (TPSA) is 98.3 Å². The summed E-state index contributed by atoms with van der Waals surface area (Å²) in [5, 5.41) is 13.3. The number of hydrogen-bond acceptors (Lipinski definition) is 4. The van der Waals surface area contributed by atoms with Crippen LogP contribution in [-0.2, 0) is 6.42 Å². The van der Waals surface area contributed by atoms with Gasteiger partial charge in [-0.05, 0) is 36.2 Å². The van der Waals surface area contributed by atoms with Crippen LogP contribution in [0.4, 0.5) is 20.2 Å². The monoisotopic (exact) mass is 321 g/mol. The highest BCUT2D eigenvalue weighted by molar-refractivity contribution is 5.94. The van der Waals surface area contributed by atoms with Gasteiger partial charge in [0.1, 0.15) is 5.69 Å². The summed E-state index contributed by atoms with van der Waals surface area (Å²) in [4.78, 5) is 22.0. The van der Waals surface area contributed by atoms with Crippen molar-refractivity contribution < 1.29 is 18.5 Å². The van der Waals surface area contributed by atoms with Gasteiger partial charge in [0.05, 0.1) is 4.92 Å². The molecule has 0 saturated carbocycles. The van der Waals surface area contributed by atoms with Crippen LogP contribution in [0.2, 0.25) is 0 Å². The Balaban J connectivity index is 1.96. The normalized spacial score (nSPS) is 10.3. The third kappa shape index (κ3) is 4.00. The van der Waals surface area contributed by atoms with Crippen molar-refractivity contribution in [2.45, 2.75) is 6.42 Å². The minimum absolute atomic E-state index is 0.00723.